The topological polar surface area (TPSA) is 63.2 Å². The van der Waals surface area contributed by atoms with E-state index in [-0.39, 0.29) is 10.9 Å². The maximum absolute atomic E-state index is 11.9. The summed E-state index contributed by atoms with van der Waals surface area (Å²) in [6.07, 6.45) is 1.15. The van der Waals surface area contributed by atoms with Crippen molar-refractivity contribution in [3.8, 4) is 0 Å². The van der Waals surface area contributed by atoms with E-state index in [4.69, 9.17) is 0 Å². The van der Waals surface area contributed by atoms with Gasteiger partial charge in [0.1, 0.15) is 0 Å². The predicted molar refractivity (Wildman–Crippen MR) is 69.3 cm³/mol. The standard InChI is InChI=1S/C11H17NO3S2/c1-9(12-2)8-16(13)10-4-6-11(7-5-10)17(3,14)15/h4-7,9,12H,8H2,1-3H3. The minimum Gasteiger partial charge on any atom is -0.316 e. The number of rotatable bonds is 5. The van der Waals surface area contributed by atoms with E-state index in [1.807, 2.05) is 14.0 Å². The predicted octanol–water partition coefficient (Wildman–Crippen LogP) is 0.806. The molecule has 0 saturated carbocycles. The summed E-state index contributed by atoms with van der Waals surface area (Å²) < 4.78 is 34.4. The fraction of sp³-hybridized carbons (Fsp3) is 0.455. The first kappa shape index (κ1) is 14.3. The van der Waals surface area contributed by atoms with Crippen LogP contribution in [0.5, 0.6) is 0 Å². The molecule has 1 aromatic carbocycles. The van der Waals surface area contributed by atoms with Crippen molar-refractivity contribution in [1.29, 1.82) is 0 Å². The van der Waals surface area contributed by atoms with Crippen molar-refractivity contribution < 1.29 is 12.6 Å². The van der Waals surface area contributed by atoms with Gasteiger partial charge in [0.2, 0.25) is 0 Å². The number of hydrogen-bond acceptors (Lipinski definition) is 4. The Labute approximate surface area is 105 Å². The van der Waals surface area contributed by atoms with E-state index in [2.05, 4.69) is 5.32 Å². The van der Waals surface area contributed by atoms with Gasteiger partial charge in [-0.15, -0.1) is 0 Å². The minimum absolute atomic E-state index is 0.158. The van der Waals surface area contributed by atoms with Crippen LogP contribution in [0.15, 0.2) is 34.1 Å². The first-order valence-electron chi connectivity index (χ1n) is 5.20. The molecule has 1 aromatic rings. The molecule has 2 atom stereocenters. The lowest BCUT2D eigenvalue weighted by Crippen LogP contribution is -2.27. The molecule has 0 spiro atoms. The molecule has 6 heteroatoms. The average Bonchev–Trinajstić information content (AvgIpc) is 2.27. The van der Waals surface area contributed by atoms with E-state index in [1.165, 1.54) is 12.1 Å². The first-order chi connectivity index (χ1) is 7.84. The molecule has 0 aliphatic rings. The summed E-state index contributed by atoms with van der Waals surface area (Å²) in [4.78, 5) is 0.902. The molecule has 0 aliphatic heterocycles. The molecule has 0 fully saturated rings. The maximum Gasteiger partial charge on any atom is 0.175 e. The van der Waals surface area contributed by atoms with Crippen LogP contribution in [-0.2, 0) is 20.6 Å². The fourth-order valence-corrected chi connectivity index (χ4v) is 3.13. The lowest BCUT2D eigenvalue weighted by molar-refractivity contribution is 0.601. The highest BCUT2D eigenvalue weighted by Crippen LogP contribution is 2.13. The van der Waals surface area contributed by atoms with Gasteiger partial charge in [-0.05, 0) is 38.2 Å². The molecule has 0 aromatic heterocycles. The van der Waals surface area contributed by atoms with E-state index in [1.54, 1.807) is 12.1 Å². The smallest absolute Gasteiger partial charge is 0.175 e. The van der Waals surface area contributed by atoms with Crippen LogP contribution in [-0.4, -0.2) is 37.7 Å². The molecule has 0 aliphatic carbocycles. The summed E-state index contributed by atoms with van der Waals surface area (Å²) in [5.41, 5.74) is 0. The summed E-state index contributed by atoms with van der Waals surface area (Å²) in [7, 11) is -2.48. The summed E-state index contributed by atoms with van der Waals surface area (Å²) in [6, 6.07) is 6.36. The molecular formula is C11H17NO3S2. The number of nitrogens with one attached hydrogen (secondary N) is 1. The SMILES string of the molecule is CNC(C)CS(=O)c1ccc(S(C)(=O)=O)cc1. The van der Waals surface area contributed by atoms with Gasteiger partial charge in [-0.1, -0.05) is 0 Å². The Morgan fingerprint density at radius 3 is 2.24 bits per heavy atom. The van der Waals surface area contributed by atoms with E-state index in [0.717, 1.165) is 6.26 Å². The quantitative estimate of drug-likeness (QED) is 0.863. The molecule has 0 radical (unpaired) electrons. The molecule has 96 valence electrons. The summed E-state index contributed by atoms with van der Waals surface area (Å²) in [5.74, 6) is 0.509. The Kier molecular flexibility index (Phi) is 4.85. The third-order valence-electron chi connectivity index (χ3n) is 2.41. The van der Waals surface area contributed by atoms with Gasteiger partial charge in [0, 0.05) is 22.9 Å². The Bertz CT molecular complexity index is 494. The van der Waals surface area contributed by atoms with Crippen LogP contribution in [0.25, 0.3) is 0 Å². The van der Waals surface area contributed by atoms with Crippen LogP contribution in [0.4, 0.5) is 0 Å². The zero-order valence-electron chi connectivity index (χ0n) is 10.1. The second kappa shape index (κ2) is 5.75. The monoisotopic (exact) mass is 275 g/mol. The second-order valence-corrected chi connectivity index (χ2v) is 7.46. The molecule has 0 amide bonds. The first-order valence-corrected chi connectivity index (χ1v) is 8.41. The van der Waals surface area contributed by atoms with Crippen molar-refractivity contribution in [2.24, 2.45) is 0 Å². The third-order valence-corrected chi connectivity index (χ3v) is 5.14. The molecule has 2 unspecified atom stereocenters. The number of benzene rings is 1. The molecule has 0 bridgehead atoms. The van der Waals surface area contributed by atoms with E-state index in [0.29, 0.717) is 10.6 Å². The molecule has 1 rings (SSSR count). The van der Waals surface area contributed by atoms with Gasteiger partial charge >= 0.3 is 0 Å². The van der Waals surface area contributed by atoms with Gasteiger partial charge in [0.25, 0.3) is 0 Å². The van der Waals surface area contributed by atoms with Crippen LogP contribution in [0, 0.1) is 0 Å². The van der Waals surface area contributed by atoms with Crippen LogP contribution >= 0.6 is 0 Å². The van der Waals surface area contributed by atoms with Crippen LogP contribution in [0.1, 0.15) is 6.92 Å². The summed E-state index contributed by atoms with van der Waals surface area (Å²) >= 11 is 0. The van der Waals surface area contributed by atoms with Gasteiger partial charge in [-0.2, -0.15) is 0 Å². The van der Waals surface area contributed by atoms with Gasteiger partial charge in [-0.25, -0.2) is 8.42 Å². The van der Waals surface area contributed by atoms with Crippen molar-refractivity contribution in [1.82, 2.24) is 5.32 Å². The number of sulfone groups is 1. The second-order valence-electron chi connectivity index (χ2n) is 3.95. The van der Waals surface area contributed by atoms with E-state index in [9.17, 15) is 12.6 Å². The van der Waals surface area contributed by atoms with Gasteiger partial charge in [0.05, 0.1) is 15.7 Å². The maximum atomic E-state index is 11.9. The highest BCUT2D eigenvalue weighted by atomic mass is 32.2. The van der Waals surface area contributed by atoms with Crippen molar-refractivity contribution >= 4 is 20.6 Å². The molecule has 1 N–H and O–H groups in total. The number of hydrogen-bond donors (Lipinski definition) is 1. The summed E-state index contributed by atoms with van der Waals surface area (Å²) in [5, 5.41) is 3.01. The molecule has 0 saturated heterocycles. The van der Waals surface area contributed by atoms with Crippen molar-refractivity contribution in [2.75, 3.05) is 19.1 Å². The van der Waals surface area contributed by atoms with Gasteiger partial charge in [-0.3, -0.25) is 4.21 Å². The molecule has 0 heterocycles. The molecular weight excluding hydrogens is 258 g/mol. The van der Waals surface area contributed by atoms with Crippen LogP contribution < -0.4 is 5.32 Å². The van der Waals surface area contributed by atoms with Crippen LogP contribution in [0.3, 0.4) is 0 Å². The molecule has 4 nitrogen and oxygen atoms in total. The van der Waals surface area contributed by atoms with Gasteiger partial charge < -0.3 is 5.32 Å². The average molecular weight is 275 g/mol. The zero-order valence-corrected chi connectivity index (χ0v) is 11.8. The largest absolute Gasteiger partial charge is 0.316 e. The fourth-order valence-electron chi connectivity index (χ4n) is 1.25. The molecule has 17 heavy (non-hydrogen) atoms. The zero-order chi connectivity index (χ0) is 13.1. The third kappa shape index (κ3) is 4.22. The van der Waals surface area contributed by atoms with Gasteiger partial charge in [0.15, 0.2) is 9.84 Å². The Morgan fingerprint density at radius 1 is 1.29 bits per heavy atom. The highest BCUT2D eigenvalue weighted by Gasteiger charge is 2.10. The normalized spacial score (nSPS) is 15.5. The van der Waals surface area contributed by atoms with Crippen molar-refractivity contribution in [2.45, 2.75) is 22.8 Å². The van der Waals surface area contributed by atoms with E-state index < -0.39 is 20.6 Å². The lowest BCUT2D eigenvalue weighted by atomic mass is 10.4. The Morgan fingerprint density at radius 2 is 1.82 bits per heavy atom. The van der Waals surface area contributed by atoms with Crippen LogP contribution in [0.2, 0.25) is 0 Å². The van der Waals surface area contributed by atoms with E-state index >= 15 is 0 Å². The lowest BCUT2D eigenvalue weighted by Gasteiger charge is -2.09. The minimum atomic E-state index is -3.18. The van der Waals surface area contributed by atoms with Crippen molar-refractivity contribution in [3.63, 3.8) is 0 Å². The highest BCUT2D eigenvalue weighted by molar-refractivity contribution is 7.90. The Balaban J connectivity index is 2.85. The van der Waals surface area contributed by atoms with Crippen molar-refractivity contribution in [3.05, 3.63) is 24.3 Å². The Hall–Kier alpha value is -0.720. The summed E-state index contributed by atoms with van der Waals surface area (Å²) in [6.45, 7) is 1.95.